The van der Waals surface area contributed by atoms with Crippen molar-refractivity contribution in [2.75, 3.05) is 20.4 Å². The van der Waals surface area contributed by atoms with Crippen molar-refractivity contribution in [3.05, 3.63) is 35.6 Å². The number of carbonyl (C=O) groups is 2. The van der Waals surface area contributed by atoms with Crippen LogP contribution in [0.4, 0.5) is 0 Å². The molecule has 1 aliphatic heterocycles. The largest absolute Gasteiger partial charge is 0.496 e. The first-order valence-corrected chi connectivity index (χ1v) is 7.80. The zero-order valence-corrected chi connectivity index (χ0v) is 14.7. The van der Waals surface area contributed by atoms with Crippen LogP contribution in [0.3, 0.4) is 0 Å². The van der Waals surface area contributed by atoms with Gasteiger partial charge in [0.05, 0.1) is 19.3 Å². The third kappa shape index (κ3) is 3.09. The number of ether oxygens (including phenoxy) is 3. The van der Waals surface area contributed by atoms with Crippen LogP contribution in [0.1, 0.15) is 33.3 Å². The van der Waals surface area contributed by atoms with Crippen LogP contribution < -0.4 is 4.74 Å². The topological polar surface area (TPSA) is 65.1 Å². The molecule has 6 heteroatoms. The van der Waals surface area contributed by atoms with Crippen molar-refractivity contribution in [2.24, 2.45) is 0 Å². The molecule has 0 saturated carbocycles. The SMILES string of the molecule is CCOC(=O)C(C)(C)N1COC(C)=C(c2ccccc2OC)C1=O. The van der Waals surface area contributed by atoms with Crippen LogP contribution in [0.2, 0.25) is 0 Å². The summed E-state index contributed by atoms with van der Waals surface area (Å²) in [5.74, 6) is 0.308. The molecule has 0 radical (unpaired) electrons. The first-order chi connectivity index (χ1) is 11.3. The minimum absolute atomic E-state index is 0.00483. The summed E-state index contributed by atoms with van der Waals surface area (Å²) in [6.07, 6.45) is 0. The fourth-order valence-corrected chi connectivity index (χ4v) is 2.57. The van der Waals surface area contributed by atoms with E-state index >= 15 is 0 Å². The number of allylic oxidation sites excluding steroid dienone is 1. The summed E-state index contributed by atoms with van der Waals surface area (Å²) in [5, 5.41) is 0. The molecule has 130 valence electrons. The average molecular weight is 333 g/mol. The molecule has 0 fully saturated rings. The molecule has 0 atom stereocenters. The molecule has 0 saturated heterocycles. The van der Waals surface area contributed by atoms with Crippen LogP contribution >= 0.6 is 0 Å². The van der Waals surface area contributed by atoms with Crippen LogP contribution in [0, 0.1) is 0 Å². The normalized spacial score (nSPS) is 15.2. The van der Waals surface area contributed by atoms with Crippen molar-refractivity contribution in [3.8, 4) is 5.75 Å². The minimum Gasteiger partial charge on any atom is -0.496 e. The van der Waals surface area contributed by atoms with Crippen LogP contribution in [0.15, 0.2) is 30.0 Å². The number of nitrogens with zero attached hydrogens (tertiary/aromatic N) is 1. The standard InChI is InChI=1S/C18H23NO5/c1-6-23-17(21)18(3,4)19-11-24-12(2)15(16(19)20)13-9-7-8-10-14(13)22-5/h7-10H,6,11H2,1-5H3. The van der Waals surface area contributed by atoms with Gasteiger partial charge in [-0.25, -0.2) is 4.79 Å². The van der Waals surface area contributed by atoms with Crippen molar-refractivity contribution in [3.63, 3.8) is 0 Å². The third-order valence-electron chi connectivity index (χ3n) is 4.05. The van der Waals surface area contributed by atoms with Gasteiger partial charge in [0.2, 0.25) is 0 Å². The number of benzene rings is 1. The fourth-order valence-electron chi connectivity index (χ4n) is 2.57. The molecule has 0 N–H and O–H groups in total. The van der Waals surface area contributed by atoms with Gasteiger partial charge in [-0.15, -0.1) is 0 Å². The van der Waals surface area contributed by atoms with Gasteiger partial charge in [0.15, 0.2) is 6.73 Å². The van der Waals surface area contributed by atoms with E-state index in [1.54, 1.807) is 46.9 Å². The Hall–Kier alpha value is -2.50. The summed E-state index contributed by atoms with van der Waals surface area (Å²) >= 11 is 0. The molecule has 1 aromatic carbocycles. The van der Waals surface area contributed by atoms with E-state index in [0.29, 0.717) is 22.6 Å². The second-order valence-electron chi connectivity index (χ2n) is 5.92. The first-order valence-electron chi connectivity index (χ1n) is 7.80. The Morgan fingerprint density at radius 3 is 2.62 bits per heavy atom. The molecule has 2 rings (SSSR count). The van der Waals surface area contributed by atoms with Crippen molar-refractivity contribution >= 4 is 17.4 Å². The van der Waals surface area contributed by atoms with Crippen molar-refractivity contribution in [1.29, 1.82) is 0 Å². The van der Waals surface area contributed by atoms with E-state index in [0.717, 1.165) is 0 Å². The van der Waals surface area contributed by atoms with Gasteiger partial charge >= 0.3 is 5.97 Å². The molecule has 24 heavy (non-hydrogen) atoms. The molecule has 1 amide bonds. The summed E-state index contributed by atoms with van der Waals surface area (Å²) in [6, 6.07) is 7.21. The van der Waals surface area contributed by atoms with Gasteiger partial charge in [0.1, 0.15) is 17.0 Å². The monoisotopic (exact) mass is 333 g/mol. The van der Waals surface area contributed by atoms with E-state index in [4.69, 9.17) is 14.2 Å². The Balaban J connectivity index is 2.44. The van der Waals surface area contributed by atoms with Gasteiger partial charge in [0, 0.05) is 5.56 Å². The van der Waals surface area contributed by atoms with Gasteiger partial charge in [-0.05, 0) is 33.8 Å². The highest BCUT2D eigenvalue weighted by Gasteiger charge is 2.43. The maximum Gasteiger partial charge on any atom is 0.331 e. The zero-order valence-electron chi connectivity index (χ0n) is 14.7. The number of methoxy groups -OCH3 is 1. The zero-order chi connectivity index (χ0) is 17.9. The first kappa shape index (κ1) is 17.8. The van der Waals surface area contributed by atoms with Crippen LogP contribution in [0.5, 0.6) is 5.75 Å². The van der Waals surface area contributed by atoms with Crippen molar-refractivity contribution in [2.45, 2.75) is 33.2 Å². The molecule has 0 aromatic heterocycles. The quantitative estimate of drug-likeness (QED) is 0.775. The second-order valence-corrected chi connectivity index (χ2v) is 5.92. The molecule has 0 bridgehead atoms. The molecule has 1 aromatic rings. The molecule has 1 aliphatic rings. The van der Waals surface area contributed by atoms with Crippen molar-refractivity contribution in [1.82, 2.24) is 4.90 Å². The van der Waals surface area contributed by atoms with E-state index in [1.165, 1.54) is 4.90 Å². The number of hydrogen-bond acceptors (Lipinski definition) is 5. The number of esters is 1. The van der Waals surface area contributed by atoms with E-state index in [-0.39, 0.29) is 19.2 Å². The number of rotatable bonds is 5. The van der Waals surface area contributed by atoms with E-state index < -0.39 is 11.5 Å². The molecular weight excluding hydrogens is 310 g/mol. The third-order valence-corrected chi connectivity index (χ3v) is 4.05. The lowest BCUT2D eigenvalue weighted by atomic mass is 9.97. The van der Waals surface area contributed by atoms with Gasteiger partial charge in [-0.3, -0.25) is 9.69 Å². The van der Waals surface area contributed by atoms with E-state index in [1.807, 2.05) is 12.1 Å². The van der Waals surface area contributed by atoms with Gasteiger partial charge in [0.25, 0.3) is 5.91 Å². The lowest BCUT2D eigenvalue weighted by molar-refractivity contribution is -0.165. The number of carbonyl (C=O) groups excluding carboxylic acids is 2. The molecule has 6 nitrogen and oxygen atoms in total. The van der Waals surface area contributed by atoms with E-state index in [9.17, 15) is 9.59 Å². The minimum atomic E-state index is -1.14. The Kier molecular flexibility index (Phi) is 5.17. The maximum atomic E-state index is 13.1. The molecular formula is C18H23NO5. The highest BCUT2D eigenvalue weighted by atomic mass is 16.5. The number of amides is 1. The number of hydrogen-bond donors (Lipinski definition) is 0. The van der Waals surface area contributed by atoms with Gasteiger partial charge in [-0.1, -0.05) is 18.2 Å². The van der Waals surface area contributed by atoms with Crippen LogP contribution in [0.25, 0.3) is 5.57 Å². The Morgan fingerprint density at radius 2 is 2.00 bits per heavy atom. The Bertz CT molecular complexity index is 678. The lowest BCUT2D eigenvalue weighted by Gasteiger charge is -2.39. The fraction of sp³-hybridized carbons (Fsp3) is 0.444. The van der Waals surface area contributed by atoms with Gasteiger partial charge in [-0.2, -0.15) is 0 Å². The molecule has 0 aliphatic carbocycles. The molecule has 0 unspecified atom stereocenters. The van der Waals surface area contributed by atoms with E-state index in [2.05, 4.69) is 0 Å². The average Bonchev–Trinajstić information content (AvgIpc) is 2.55. The Labute approximate surface area is 142 Å². The highest BCUT2D eigenvalue weighted by Crippen LogP contribution is 2.35. The van der Waals surface area contributed by atoms with Crippen molar-refractivity contribution < 1.29 is 23.8 Å². The summed E-state index contributed by atoms with van der Waals surface area (Å²) in [7, 11) is 1.54. The van der Waals surface area contributed by atoms with Crippen LogP contribution in [-0.4, -0.2) is 42.8 Å². The lowest BCUT2D eigenvalue weighted by Crippen LogP contribution is -2.56. The molecule has 0 spiro atoms. The highest BCUT2D eigenvalue weighted by molar-refractivity contribution is 6.22. The predicted molar refractivity (Wildman–Crippen MR) is 89.1 cm³/mol. The second kappa shape index (κ2) is 6.95. The Morgan fingerprint density at radius 1 is 1.33 bits per heavy atom. The maximum absolute atomic E-state index is 13.1. The summed E-state index contributed by atoms with van der Waals surface area (Å²) in [6.45, 7) is 7.00. The smallest absolute Gasteiger partial charge is 0.331 e. The summed E-state index contributed by atoms with van der Waals surface area (Å²) < 4.78 is 16.1. The number of para-hydroxylation sites is 1. The van der Waals surface area contributed by atoms with Crippen LogP contribution in [-0.2, 0) is 19.1 Å². The summed E-state index contributed by atoms with van der Waals surface area (Å²) in [4.78, 5) is 26.7. The molecule has 1 heterocycles. The summed E-state index contributed by atoms with van der Waals surface area (Å²) in [5.41, 5.74) is -0.121. The predicted octanol–water partition coefficient (Wildman–Crippen LogP) is 2.58. The van der Waals surface area contributed by atoms with Gasteiger partial charge < -0.3 is 14.2 Å².